The summed E-state index contributed by atoms with van der Waals surface area (Å²) in [7, 11) is 4.63. The summed E-state index contributed by atoms with van der Waals surface area (Å²) in [5.41, 5.74) is 7.85. The number of carbonyl (C=O) groups excluding carboxylic acids is 2. The van der Waals surface area contributed by atoms with Gasteiger partial charge in [-0.3, -0.25) is 19.5 Å². The molecular formula is C33H40N4O5. The number of piperidine rings is 1. The standard InChI is InChI=1S/C33H40N4O5/c1-22(24-12-15-37(20-24)31(38)25-17-28(40-2)30(42-4)29(18-25)41-3)36-16-13-33(32(34)39,26-10-6-5-7-11-26)27(21-36)23-9-8-14-35-19-23/h5-11,14,17-19,22,24,27H,12-13,15-16,20-21H2,1-4H3,(H2,34,39). The topological polar surface area (TPSA) is 107 Å². The molecule has 5 rings (SSSR count). The number of pyridine rings is 1. The predicted octanol–water partition coefficient (Wildman–Crippen LogP) is 3.87. The average Bonchev–Trinajstić information content (AvgIpc) is 3.54. The number of carbonyl (C=O) groups is 2. The Labute approximate surface area is 247 Å². The van der Waals surface area contributed by atoms with Gasteiger partial charge in [0.15, 0.2) is 11.5 Å². The summed E-state index contributed by atoms with van der Waals surface area (Å²) in [6, 6.07) is 17.5. The van der Waals surface area contributed by atoms with Crippen molar-refractivity contribution in [3.05, 3.63) is 83.7 Å². The smallest absolute Gasteiger partial charge is 0.254 e. The highest BCUT2D eigenvalue weighted by molar-refractivity contribution is 5.96. The molecule has 0 bridgehead atoms. The molecule has 4 atom stereocenters. The van der Waals surface area contributed by atoms with Crippen molar-refractivity contribution in [3.8, 4) is 17.2 Å². The highest BCUT2D eigenvalue weighted by atomic mass is 16.5. The van der Waals surface area contributed by atoms with Gasteiger partial charge in [-0.25, -0.2) is 0 Å². The average molecular weight is 573 g/mol. The molecule has 2 aromatic carbocycles. The van der Waals surface area contributed by atoms with E-state index in [0.717, 1.165) is 24.1 Å². The summed E-state index contributed by atoms with van der Waals surface area (Å²) in [6.45, 7) is 4.94. The Morgan fingerprint density at radius 2 is 1.69 bits per heavy atom. The summed E-state index contributed by atoms with van der Waals surface area (Å²) < 4.78 is 16.3. The number of ether oxygens (including phenoxy) is 3. The molecule has 222 valence electrons. The maximum Gasteiger partial charge on any atom is 0.254 e. The van der Waals surface area contributed by atoms with Gasteiger partial charge in [0.1, 0.15) is 0 Å². The fourth-order valence-electron chi connectivity index (χ4n) is 6.89. The van der Waals surface area contributed by atoms with E-state index in [1.54, 1.807) is 39.7 Å². The van der Waals surface area contributed by atoms with E-state index < -0.39 is 5.41 Å². The Morgan fingerprint density at radius 3 is 2.29 bits per heavy atom. The molecule has 9 heteroatoms. The van der Waals surface area contributed by atoms with E-state index in [4.69, 9.17) is 19.9 Å². The summed E-state index contributed by atoms with van der Waals surface area (Å²) >= 11 is 0. The normalized spacial score (nSPS) is 23.3. The van der Waals surface area contributed by atoms with Crippen molar-refractivity contribution >= 4 is 11.8 Å². The predicted molar refractivity (Wildman–Crippen MR) is 160 cm³/mol. The van der Waals surface area contributed by atoms with Crippen LogP contribution in [0.4, 0.5) is 0 Å². The van der Waals surface area contributed by atoms with Crippen LogP contribution in [-0.2, 0) is 10.2 Å². The Kier molecular flexibility index (Phi) is 8.68. The maximum absolute atomic E-state index is 13.6. The molecule has 0 spiro atoms. The second-order valence-corrected chi connectivity index (χ2v) is 11.2. The van der Waals surface area contributed by atoms with Gasteiger partial charge >= 0.3 is 0 Å². The lowest BCUT2D eigenvalue weighted by atomic mass is 9.63. The van der Waals surface area contributed by atoms with E-state index in [-0.39, 0.29) is 29.7 Å². The van der Waals surface area contributed by atoms with Crippen molar-refractivity contribution in [3.63, 3.8) is 0 Å². The minimum Gasteiger partial charge on any atom is -0.493 e. The van der Waals surface area contributed by atoms with E-state index in [1.807, 2.05) is 53.6 Å². The molecule has 42 heavy (non-hydrogen) atoms. The number of likely N-dealkylation sites (tertiary alicyclic amines) is 2. The quantitative estimate of drug-likeness (QED) is 0.415. The van der Waals surface area contributed by atoms with Gasteiger partial charge in [-0.05, 0) is 61.6 Å². The molecule has 3 heterocycles. The Bertz CT molecular complexity index is 1380. The number of nitrogens with zero attached hydrogens (tertiary/aromatic N) is 3. The number of primary amides is 1. The molecule has 0 saturated carbocycles. The molecule has 4 unspecified atom stereocenters. The van der Waals surface area contributed by atoms with Crippen LogP contribution in [0.5, 0.6) is 17.2 Å². The second-order valence-electron chi connectivity index (χ2n) is 11.2. The Balaban J connectivity index is 1.36. The van der Waals surface area contributed by atoms with Gasteiger partial charge in [0.2, 0.25) is 11.7 Å². The van der Waals surface area contributed by atoms with Crippen molar-refractivity contribution in [2.75, 3.05) is 47.5 Å². The van der Waals surface area contributed by atoms with Crippen LogP contribution < -0.4 is 19.9 Å². The third-order valence-corrected chi connectivity index (χ3v) is 9.30. The lowest BCUT2D eigenvalue weighted by molar-refractivity contribution is -0.126. The first-order valence-electron chi connectivity index (χ1n) is 14.4. The van der Waals surface area contributed by atoms with Crippen LogP contribution in [0, 0.1) is 5.92 Å². The zero-order valence-electron chi connectivity index (χ0n) is 24.8. The van der Waals surface area contributed by atoms with Gasteiger partial charge in [-0.1, -0.05) is 36.4 Å². The molecule has 1 aromatic heterocycles. The molecule has 2 aliphatic rings. The van der Waals surface area contributed by atoms with Crippen LogP contribution >= 0.6 is 0 Å². The molecule has 0 radical (unpaired) electrons. The number of hydrogen-bond donors (Lipinski definition) is 1. The Morgan fingerprint density at radius 1 is 0.976 bits per heavy atom. The minimum absolute atomic E-state index is 0.0624. The fourth-order valence-corrected chi connectivity index (χ4v) is 6.89. The van der Waals surface area contributed by atoms with Gasteiger partial charge in [0, 0.05) is 49.6 Å². The largest absolute Gasteiger partial charge is 0.493 e. The number of rotatable bonds is 9. The summed E-state index contributed by atoms with van der Waals surface area (Å²) in [4.78, 5) is 35.6. The molecule has 2 fully saturated rings. The van der Waals surface area contributed by atoms with Crippen molar-refractivity contribution in [2.45, 2.75) is 37.1 Å². The van der Waals surface area contributed by atoms with Crippen LogP contribution in [0.25, 0.3) is 0 Å². The second kappa shape index (κ2) is 12.4. The fraction of sp³-hybridized carbons (Fsp3) is 0.424. The lowest BCUT2D eigenvalue weighted by Crippen LogP contribution is -2.57. The van der Waals surface area contributed by atoms with E-state index in [1.165, 1.54) is 0 Å². The van der Waals surface area contributed by atoms with Gasteiger partial charge in [0.05, 0.1) is 26.7 Å². The minimum atomic E-state index is -0.829. The van der Waals surface area contributed by atoms with Crippen LogP contribution in [0.1, 0.15) is 47.2 Å². The SMILES string of the molecule is COc1cc(C(=O)N2CCC(C(C)N3CCC(C(N)=O)(c4ccccc4)C(c4cccnc4)C3)C2)cc(OC)c1OC. The summed E-state index contributed by atoms with van der Waals surface area (Å²) in [5.74, 6) is 1.13. The highest BCUT2D eigenvalue weighted by Gasteiger charge is 2.51. The van der Waals surface area contributed by atoms with E-state index in [2.05, 4.69) is 16.8 Å². The first-order chi connectivity index (χ1) is 20.3. The Hall–Kier alpha value is -4.11. The van der Waals surface area contributed by atoms with Gasteiger partial charge in [0.25, 0.3) is 5.91 Å². The monoisotopic (exact) mass is 572 g/mol. The molecule has 3 aromatic rings. The number of methoxy groups -OCH3 is 3. The third-order valence-electron chi connectivity index (χ3n) is 9.30. The third kappa shape index (κ3) is 5.29. The van der Waals surface area contributed by atoms with E-state index in [0.29, 0.717) is 48.9 Å². The van der Waals surface area contributed by atoms with Crippen molar-refractivity contribution in [1.82, 2.24) is 14.8 Å². The number of benzene rings is 2. The van der Waals surface area contributed by atoms with Gasteiger partial charge in [-0.15, -0.1) is 0 Å². The molecule has 2 saturated heterocycles. The molecular weight excluding hydrogens is 532 g/mol. The molecule has 9 nitrogen and oxygen atoms in total. The van der Waals surface area contributed by atoms with Crippen LogP contribution in [0.3, 0.4) is 0 Å². The lowest BCUT2D eigenvalue weighted by Gasteiger charge is -2.49. The number of amides is 2. The van der Waals surface area contributed by atoms with Crippen molar-refractivity contribution in [1.29, 1.82) is 0 Å². The van der Waals surface area contributed by atoms with Crippen LogP contribution in [0.2, 0.25) is 0 Å². The number of nitrogens with two attached hydrogens (primary N) is 1. The highest BCUT2D eigenvalue weighted by Crippen LogP contribution is 2.46. The zero-order chi connectivity index (χ0) is 29.9. The molecule has 2 aliphatic heterocycles. The zero-order valence-corrected chi connectivity index (χ0v) is 24.8. The van der Waals surface area contributed by atoms with Crippen molar-refractivity contribution < 1.29 is 23.8 Å². The van der Waals surface area contributed by atoms with Crippen molar-refractivity contribution in [2.24, 2.45) is 11.7 Å². The summed E-state index contributed by atoms with van der Waals surface area (Å²) in [5, 5.41) is 0. The van der Waals surface area contributed by atoms with Crippen LogP contribution in [0.15, 0.2) is 67.0 Å². The van der Waals surface area contributed by atoms with E-state index in [9.17, 15) is 9.59 Å². The number of hydrogen-bond acceptors (Lipinski definition) is 7. The molecule has 2 amide bonds. The summed E-state index contributed by atoms with van der Waals surface area (Å²) in [6.07, 6.45) is 5.11. The molecule has 2 N–H and O–H groups in total. The molecule has 0 aliphatic carbocycles. The van der Waals surface area contributed by atoms with Crippen LogP contribution in [-0.4, -0.2) is 80.1 Å². The van der Waals surface area contributed by atoms with E-state index >= 15 is 0 Å². The van der Waals surface area contributed by atoms with Gasteiger partial charge < -0.3 is 24.8 Å². The first-order valence-corrected chi connectivity index (χ1v) is 14.4. The first kappa shape index (κ1) is 29.4. The maximum atomic E-state index is 13.6. The number of aromatic nitrogens is 1. The van der Waals surface area contributed by atoms with Gasteiger partial charge in [-0.2, -0.15) is 0 Å².